The van der Waals surface area contributed by atoms with Crippen LogP contribution in [-0.4, -0.2) is 24.8 Å². The molecule has 0 saturated heterocycles. The molecular formula is C6H10O3. The van der Waals surface area contributed by atoms with Crippen LogP contribution >= 0.6 is 0 Å². The first kappa shape index (κ1) is 8.17. The van der Waals surface area contributed by atoms with Gasteiger partial charge in [0.25, 0.3) is 0 Å². The lowest BCUT2D eigenvalue weighted by atomic mass is 10.2. The molecule has 0 fully saturated rings. The van der Waals surface area contributed by atoms with Crippen molar-refractivity contribution in [3.05, 3.63) is 12.7 Å². The summed E-state index contributed by atoms with van der Waals surface area (Å²) in [6.07, 6.45) is 1.35. The normalized spacial score (nSPS) is 12.2. The summed E-state index contributed by atoms with van der Waals surface area (Å²) in [7, 11) is 1.27. The maximum atomic E-state index is 10.5. The molecule has 0 saturated carbocycles. The van der Waals surface area contributed by atoms with E-state index in [4.69, 9.17) is 5.11 Å². The third kappa shape index (κ3) is 2.28. The third-order valence-corrected chi connectivity index (χ3v) is 0.985. The van der Waals surface area contributed by atoms with Gasteiger partial charge in [0.2, 0.25) is 0 Å². The molecule has 1 N–H and O–H groups in total. The minimum Gasteiger partial charge on any atom is -0.468 e. The van der Waals surface area contributed by atoms with Crippen LogP contribution in [0.1, 0.15) is 0 Å². The molecule has 52 valence electrons. The maximum Gasteiger partial charge on any atom is 0.314 e. The highest BCUT2D eigenvalue weighted by Gasteiger charge is 2.12. The Morgan fingerprint density at radius 1 is 2.00 bits per heavy atom. The van der Waals surface area contributed by atoms with Crippen molar-refractivity contribution in [1.29, 1.82) is 0 Å². The molecule has 0 aliphatic rings. The van der Waals surface area contributed by atoms with Gasteiger partial charge in [0.15, 0.2) is 0 Å². The third-order valence-electron chi connectivity index (χ3n) is 0.985. The van der Waals surface area contributed by atoms with Gasteiger partial charge in [0.1, 0.15) is 0 Å². The van der Waals surface area contributed by atoms with Crippen LogP contribution in [0.25, 0.3) is 0 Å². The van der Waals surface area contributed by atoms with E-state index in [9.17, 15) is 4.79 Å². The average Bonchev–Trinajstić information content (AvgIpc) is 1.90. The number of methoxy groups -OCH3 is 1. The Morgan fingerprint density at radius 2 is 2.56 bits per heavy atom. The molecule has 0 amide bonds. The molecule has 0 bridgehead atoms. The summed E-state index contributed by atoms with van der Waals surface area (Å²) in [5, 5.41) is 8.46. The molecule has 9 heavy (non-hydrogen) atoms. The van der Waals surface area contributed by atoms with Gasteiger partial charge in [0, 0.05) is 0 Å². The fourth-order valence-corrected chi connectivity index (χ4v) is 0.397. The van der Waals surface area contributed by atoms with Crippen molar-refractivity contribution in [2.24, 2.45) is 5.92 Å². The highest BCUT2D eigenvalue weighted by atomic mass is 16.5. The van der Waals surface area contributed by atoms with E-state index in [0.29, 0.717) is 0 Å². The number of aliphatic hydroxyl groups is 1. The SMILES string of the molecule is C=CC(CO)C(=O)OC. The van der Waals surface area contributed by atoms with E-state index < -0.39 is 11.9 Å². The summed E-state index contributed by atoms with van der Waals surface area (Å²) in [5.41, 5.74) is 0. The van der Waals surface area contributed by atoms with Crippen LogP contribution in [0.4, 0.5) is 0 Å². The molecule has 3 heteroatoms. The Morgan fingerprint density at radius 3 is 2.67 bits per heavy atom. The van der Waals surface area contributed by atoms with Crippen molar-refractivity contribution in [2.45, 2.75) is 0 Å². The maximum absolute atomic E-state index is 10.5. The highest BCUT2D eigenvalue weighted by molar-refractivity contribution is 5.74. The van der Waals surface area contributed by atoms with Crippen LogP contribution in [0.2, 0.25) is 0 Å². The molecule has 1 atom stereocenters. The fraction of sp³-hybridized carbons (Fsp3) is 0.500. The predicted octanol–water partition coefficient (Wildman–Crippen LogP) is -0.0461. The molecule has 1 unspecified atom stereocenters. The molecule has 0 aromatic heterocycles. The van der Waals surface area contributed by atoms with Crippen LogP contribution in [-0.2, 0) is 9.53 Å². The largest absolute Gasteiger partial charge is 0.468 e. The van der Waals surface area contributed by atoms with Crippen molar-refractivity contribution in [1.82, 2.24) is 0 Å². The standard InChI is InChI=1S/C6H10O3/c1-3-5(4-7)6(8)9-2/h3,5,7H,1,4H2,2H3. The number of aliphatic hydroxyl groups excluding tert-OH is 1. The quantitative estimate of drug-likeness (QED) is 0.430. The summed E-state index contributed by atoms with van der Waals surface area (Å²) in [6, 6.07) is 0. The van der Waals surface area contributed by atoms with Crippen LogP contribution < -0.4 is 0 Å². The molecule has 0 aliphatic carbocycles. The number of carbonyl (C=O) groups excluding carboxylic acids is 1. The smallest absolute Gasteiger partial charge is 0.314 e. The number of rotatable bonds is 3. The van der Waals surface area contributed by atoms with E-state index in [1.165, 1.54) is 13.2 Å². The Kier molecular flexibility index (Phi) is 3.71. The first-order valence-electron chi connectivity index (χ1n) is 2.57. The number of carbonyl (C=O) groups is 1. The number of ether oxygens (including phenoxy) is 1. The second-order valence-electron chi connectivity index (χ2n) is 1.55. The zero-order valence-corrected chi connectivity index (χ0v) is 5.33. The van der Waals surface area contributed by atoms with Gasteiger partial charge in [-0.2, -0.15) is 0 Å². The summed E-state index contributed by atoms with van der Waals surface area (Å²) in [5.74, 6) is -1.03. The van der Waals surface area contributed by atoms with E-state index in [-0.39, 0.29) is 6.61 Å². The highest BCUT2D eigenvalue weighted by Crippen LogP contribution is 1.97. The van der Waals surface area contributed by atoms with Gasteiger partial charge in [-0.3, -0.25) is 4.79 Å². The minimum atomic E-state index is -0.574. The lowest BCUT2D eigenvalue weighted by Crippen LogP contribution is -2.16. The predicted molar refractivity (Wildman–Crippen MR) is 32.8 cm³/mol. The first-order chi connectivity index (χ1) is 4.26. The average molecular weight is 130 g/mol. The minimum absolute atomic E-state index is 0.240. The van der Waals surface area contributed by atoms with E-state index in [1.54, 1.807) is 0 Å². The summed E-state index contributed by atoms with van der Waals surface area (Å²) in [4.78, 5) is 10.5. The van der Waals surface area contributed by atoms with Crippen molar-refractivity contribution in [2.75, 3.05) is 13.7 Å². The number of esters is 1. The topological polar surface area (TPSA) is 46.5 Å². The van der Waals surface area contributed by atoms with Gasteiger partial charge in [0.05, 0.1) is 19.6 Å². The molecule has 0 heterocycles. The molecule has 0 rings (SSSR count). The molecule has 0 radical (unpaired) electrons. The van der Waals surface area contributed by atoms with Crippen molar-refractivity contribution in [3.63, 3.8) is 0 Å². The van der Waals surface area contributed by atoms with Gasteiger partial charge >= 0.3 is 5.97 Å². The summed E-state index contributed by atoms with van der Waals surface area (Å²) < 4.78 is 4.32. The molecule has 0 aromatic carbocycles. The van der Waals surface area contributed by atoms with E-state index in [1.807, 2.05) is 0 Å². The van der Waals surface area contributed by atoms with Crippen molar-refractivity contribution in [3.8, 4) is 0 Å². The monoisotopic (exact) mass is 130 g/mol. The second-order valence-corrected chi connectivity index (χ2v) is 1.55. The number of hydrogen-bond acceptors (Lipinski definition) is 3. The Hall–Kier alpha value is -0.830. The van der Waals surface area contributed by atoms with Gasteiger partial charge in [-0.05, 0) is 0 Å². The number of hydrogen-bond donors (Lipinski definition) is 1. The van der Waals surface area contributed by atoms with Crippen LogP contribution in [0.15, 0.2) is 12.7 Å². The lowest BCUT2D eigenvalue weighted by Gasteiger charge is -2.03. The Balaban J connectivity index is 3.78. The fourth-order valence-electron chi connectivity index (χ4n) is 0.397. The van der Waals surface area contributed by atoms with E-state index >= 15 is 0 Å². The zero-order valence-electron chi connectivity index (χ0n) is 5.33. The summed E-state index contributed by atoms with van der Waals surface area (Å²) >= 11 is 0. The van der Waals surface area contributed by atoms with Gasteiger partial charge in [-0.15, -0.1) is 6.58 Å². The Bertz CT molecular complexity index is 109. The van der Waals surface area contributed by atoms with Gasteiger partial charge in [-0.25, -0.2) is 0 Å². The summed E-state index contributed by atoms with van der Waals surface area (Å²) in [6.45, 7) is 3.10. The molecular weight excluding hydrogens is 120 g/mol. The lowest BCUT2D eigenvalue weighted by molar-refractivity contribution is -0.144. The zero-order chi connectivity index (χ0) is 7.28. The van der Waals surface area contributed by atoms with Crippen LogP contribution in [0.3, 0.4) is 0 Å². The molecule has 3 nitrogen and oxygen atoms in total. The molecule has 0 aliphatic heterocycles. The second kappa shape index (κ2) is 4.09. The van der Waals surface area contributed by atoms with Gasteiger partial charge in [-0.1, -0.05) is 6.08 Å². The van der Waals surface area contributed by atoms with Crippen molar-refractivity contribution >= 4 is 5.97 Å². The van der Waals surface area contributed by atoms with Crippen LogP contribution in [0.5, 0.6) is 0 Å². The van der Waals surface area contributed by atoms with Crippen molar-refractivity contribution < 1.29 is 14.6 Å². The molecule has 0 spiro atoms. The molecule has 0 aromatic rings. The van der Waals surface area contributed by atoms with E-state index in [0.717, 1.165) is 0 Å². The Labute approximate surface area is 53.9 Å². The van der Waals surface area contributed by atoms with E-state index in [2.05, 4.69) is 11.3 Å². The van der Waals surface area contributed by atoms with Gasteiger partial charge < -0.3 is 9.84 Å². The van der Waals surface area contributed by atoms with Crippen LogP contribution in [0, 0.1) is 5.92 Å². The first-order valence-corrected chi connectivity index (χ1v) is 2.57.